The van der Waals surface area contributed by atoms with Crippen molar-refractivity contribution in [3.8, 4) is 0 Å². The van der Waals surface area contributed by atoms with Gasteiger partial charge in [0.1, 0.15) is 18.1 Å². The van der Waals surface area contributed by atoms with Gasteiger partial charge in [0.15, 0.2) is 0 Å². The predicted molar refractivity (Wildman–Crippen MR) is 135 cm³/mol. The van der Waals surface area contributed by atoms with Gasteiger partial charge in [-0.2, -0.15) is 11.8 Å². The van der Waals surface area contributed by atoms with E-state index in [1.807, 2.05) is 6.26 Å². The summed E-state index contributed by atoms with van der Waals surface area (Å²) in [5, 5.41) is 25.4. The molecule has 0 saturated carbocycles. The number of benzene rings is 1. The van der Waals surface area contributed by atoms with Gasteiger partial charge in [-0.25, -0.2) is 4.79 Å². The Hall–Kier alpha value is -3.65. The maximum absolute atomic E-state index is 13.2. The smallest absolute Gasteiger partial charge is 0.326 e. The van der Waals surface area contributed by atoms with E-state index >= 15 is 0 Å². The maximum Gasteiger partial charge on any atom is 0.326 e. The number of aliphatic carboxylic acids is 2. The Morgan fingerprint density at radius 2 is 1.43 bits per heavy atom. The number of amides is 4. The van der Waals surface area contributed by atoms with E-state index in [0.29, 0.717) is 17.7 Å². The number of carbonyl (C=O) groups excluding carboxylic acids is 4. The zero-order valence-electron chi connectivity index (χ0n) is 20.3. The predicted octanol–water partition coefficient (Wildman–Crippen LogP) is -1.41. The van der Waals surface area contributed by atoms with Crippen molar-refractivity contribution in [3.63, 3.8) is 0 Å². The molecule has 14 heteroatoms. The van der Waals surface area contributed by atoms with Gasteiger partial charge in [-0.3, -0.25) is 24.0 Å². The van der Waals surface area contributed by atoms with Crippen LogP contribution in [0, 0.1) is 0 Å². The number of rotatable bonds is 17. The largest absolute Gasteiger partial charge is 0.481 e. The summed E-state index contributed by atoms with van der Waals surface area (Å²) in [6.45, 7) is 0. The highest BCUT2D eigenvalue weighted by molar-refractivity contribution is 7.98. The molecule has 0 bridgehead atoms. The van der Waals surface area contributed by atoms with E-state index in [1.54, 1.807) is 30.3 Å². The number of carboxylic acid groups (broad SMARTS) is 2. The molecule has 1 aromatic carbocycles. The van der Waals surface area contributed by atoms with E-state index < -0.39 is 72.6 Å². The van der Waals surface area contributed by atoms with Crippen LogP contribution in [0.25, 0.3) is 0 Å². The van der Waals surface area contributed by atoms with E-state index in [1.165, 1.54) is 11.8 Å². The van der Waals surface area contributed by atoms with Gasteiger partial charge in [-0.05, 0) is 30.4 Å². The van der Waals surface area contributed by atoms with Gasteiger partial charge in [0.05, 0.1) is 12.5 Å². The minimum Gasteiger partial charge on any atom is -0.481 e. The molecule has 4 amide bonds. The van der Waals surface area contributed by atoms with Crippen molar-refractivity contribution < 1.29 is 39.0 Å². The molecule has 9 N–H and O–H groups in total. The third-order valence-electron chi connectivity index (χ3n) is 5.19. The molecule has 0 spiro atoms. The first-order valence-corrected chi connectivity index (χ1v) is 12.8. The minimum atomic E-state index is -1.68. The molecular weight excluding hydrogens is 506 g/mol. The van der Waals surface area contributed by atoms with Crippen LogP contribution in [0.15, 0.2) is 30.3 Å². The number of hydrogen-bond acceptors (Lipinski definition) is 8. The fourth-order valence-corrected chi connectivity index (χ4v) is 3.69. The van der Waals surface area contributed by atoms with Gasteiger partial charge in [0.25, 0.3) is 0 Å². The van der Waals surface area contributed by atoms with Crippen molar-refractivity contribution in [1.29, 1.82) is 0 Å². The molecule has 0 aromatic heterocycles. The molecule has 4 unspecified atom stereocenters. The van der Waals surface area contributed by atoms with Gasteiger partial charge in [0.2, 0.25) is 23.6 Å². The summed E-state index contributed by atoms with van der Waals surface area (Å²) in [4.78, 5) is 72.2. The molecule has 0 aliphatic heterocycles. The third kappa shape index (κ3) is 12.2. The first-order valence-electron chi connectivity index (χ1n) is 11.4. The number of nitrogens with one attached hydrogen (secondary N) is 3. The molecular formula is C23H33N5O8S. The van der Waals surface area contributed by atoms with Gasteiger partial charge < -0.3 is 37.6 Å². The lowest BCUT2D eigenvalue weighted by molar-refractivity contribution is -0.144. The highest BCUT2D eigenvalue weighted by Gasteiger charge is 2.31. The lowest BCUT2D eigenvalue weighted by Gasteiger charge is -2.25. The van der Waals surface area contributed by atoms with Crippen molar-refractivity contribution in [1.82, 2.24) is 16.0 Å². The molecule has 37 heavy (non-hydrogen) atoms. The lowest BCUT2D eigenvalue weighted by Crippen LogP contribution is -2.58. The summed E-state index contributed by atoms with van der Waals surface area (Å²) in [6, 6.07) is 3.51. The van der Waals surface area contributed by atoms with Crippen LogP contribution in [0.2, 0.25) is 0 Å². The fraction of sp³-hybridized carbons (Fsp3) is 0.478. The molecule has 204 valence electrons. The SMILES string of the molecule is CSCCC(N)C(=O)NC(Cc1ccccc1)C(=O)NC(CCC(=O)O)C(=O)NC(CC(N)=O)C(=O)O. The molecule has 0 aliphatic carbocycles. The third-order valence-corrected chi connectivity index (χ3v) is 5.83. The highest BCUT2D eigenvalue weighted by Crippen LogP contribution is 2.07. The number of primary amides is 1. The van der Waals surface area contributed by atoms with Crippen LogP contribution in [0.4, 0.5) is 0 Å². The van der Waals surface area contributed by atoms with Gasteiger partial charge in [-0.15, -0.1) is 0 Å². The summed E-state index contributed by atoms with van der Waals surface area (Å²) >= 11 is 1.50. The number of carbonyl (C=O) groups is 6. The Labute approximate surface area is 218 Å². The molecule has 0 radical (unpaired) electrons. The van der Waals surface area contributed by atoms with E-state index in [-0.39, 0.29) is 12.8 Å². The van der Waals surface area contributed by atoms with Crippen LogP contribution in [-0.4, -0.2) is 82.0 Å². The molecule has 1 rings (SSSR count). The van der Waals surface area contributed by atoms with Crippen molar-refractivity contribution >= 4 is 47.3 Å². The molecule has 4 atom stereocenters. The topological polar surface area (TPSA) is 231 Å². The van der Waals surface area contributed by atoms with Crippen molar-refractivity contribution in [3.05, 3.63) is 35.9 Å². The van der Waals surface area contributed by atoms with Crippen molar-refractivity contribution in [2.24, 2.45) is 11.5 Å². The van der Waals surface area contributed by atoms with Crippen LogP contribution in [0.3, 0.4) is 0 Å². The van der Waals surface area contributed by atoms with Crippen molar-refractivity contribution in [2.75, 3.05) is 12.0 Å². The molecule has 0 heterocycles. The average molecular weight is 540 g/mol. The molecule has 13 nitrogen and oxygen atoms in total. The Bertz CT molecular complexity index is 962. The zero-order chi connectivity index (χ0) is 28.0. The Kier molecular flexibility index (Phi) is 13.7. The number of carboxylic acids is 2. The monoisotopic (exact) mass is 539 g/mol. The fourth-order valence-electron chi connectivity index (χ4n) is 3.20. The van der Waals surface area contributed by atoms with Crippen LogP contribution in [-0.2, 0) is 35.2 Å². The zero-order valence-corrected chi connectivity index (χ0v) is 21.2. The molecule has 0 saturated heterocycles. The van der Waals surface area contributed by atoms with E-state index in [2.05, 4.69) is 16.0 Å². The maximum atomic E-state index is 13.2. The lowest BCUT2D eigenvalue weighted by atomic mass is 10.0. The van der Waals surface area contributed by atoms with Crippen molar-refractivity contribution in [2.45, 2.75) is 56.3 Å². The minimum absolute atomic E-state index is 0.0420. The van der Waals surface area contributed by atoms with Gasteiger partial charge >= 0.3 is 11.9 Å². The quantitative estimate of drug-likeness (QED) is 0.122. The Morgan fingerprint density at radius 3 is 1.97 bits per heavy atom. The summed E-state index contributed by atoms with van der Waals surface area (Å²) < 4.78 is 0. The van der Waals surface area contributed by atoms with Gasteiger partial charge in [0, 0.05) is 12.8 Å². The number of hydrogen-bond donors (Lipinski definition) is 7. The summed E-state index contributed by atoms with van der Waals surface area (Å²) in [6.07, 6.45) is 0.654. The normalized spacial score (nSPS) is 13.9. The molecule has 1 aromatic rings. The van der Waals surface area contributed by atoms with Gasteiger partial charge in [-0.1, -0.05) is 30.3 Å². The first kappa shape index (κ1) is 31.4. The van der Waals surface area contributed by atoms with E-state index in [0.717, 1.165) is 0 Å². The first-order chi connectivity index (χ1) is 17.4. The summed E-state index contributed by atoms with van der Waals surface area (Å²) in [5.74, 6) is -5.56. The Morgan fingerprint density at radius 1 is 0.865 bits per heavy atom. The molecule has 0 fully saturated rings. The van der Waals surface area contributed by atoms with E-state index in [4.69, 9.17) is 16.6 Å². The summed E-state index contributed by atoms with van der Waals surface area (Å²) in [7, 11) is 0. The molecule has 0 aliphatic rings. The Balaban J connectivity index is 3.12. The van der Waals surface area contributed by atoms with Crippen LogP contribution in [0.5, 0.6) is 0 Å². The van der Waals surface area contributed by atoms with E-state index in [9.17, 15) is 33.9 Å². The number of thioether (sulfide) groups is 1. The second-order valence-electron chi connectivity index (χ2n) is 8.20. The highest BCUT2D eigenvalue weighted by atomic mass is 32.2. The van der Waals surface area contributed by atoms with Crippen LogP contribution >= 0.6 is 11.8 Å². The number of nitrogens with two attached hydrogens (primary N) is 2. The van der Waals surface area contributed by atoms with Crippen LogP contribution in [0.1, 0.15) is 31.2 Å². The standard InChI is InChI=1S/C23H33N5O8S/c1-37-10-9-14(24)20(32)27-16(11-13-5-3-2-4-6-13)22(34)26-15(7-8-19(30)31)21(33)28-17(23(35)36)12-18(25)29/h2-6,14-17H,7-12,24H2,1H3,(H2,25,29)(H,26,34)(H,27,32)(H,28,33)(H,30,31)(H,35,36). The second-order valence-corrected chi connectivity index (χ2v) is 9.19. The second kappa shape index (κ2) is 16.2. The van der Waals surface area contributed by atoms with Crippen LogP contribution < -0.4 is 27.4 Å². The summed E-state index contributed by atoms with van der Waals surface area (Å²) in [5.41, 5.74) is 11.6. The average Bonchev–Trinajstić information content (AvgIpc) is 2.83.